The third-order valence-electron chi connectivity index (χ3n) is 5.14. The van der Waals surface area contributed by atoms with E-state index < -0.39 is 0 Å². The lowest BCUT2D eigenvalue weighted by molar-refractivity contribution is 0.231. The van der Waals surface area contributed by atoms with Crippen LogP contribution >= 0.6 is 0 Å². The third-order valence-corrected chi connectivity index (χ3v) is 5.14. The first-order valence-corrected chi connectivity index (χ1v) is 9.94. The van der Waals surface area contributed by atoms with Crippen molar-refractivity contribution in [3.8, 4) is 11.5 Å². The minimum atomic E-state index is -0.141. The molecule has 0 bridgehead atoms. The predicted octanol–water partition coefficient (Wildman–Crippen LogP) is 2.33. The van der Waals surface area contributed by atoms with Crippen LogP contribution in [0.25, 0.3) is 0 Å². The summed E-state index contributed by atoms with van der Waals surface area (Å²) in [5.74, 6) is 1.69. The van der Waals surface area contributed by atoms with Gasteiger partial charge in [-0.3, -0.25) is 4.90 Å². The number of rotatable bonds is 8. The van der Waals surface area contributed by atoms with Gasteiger partial charge in [-0.1, -0.05) is 12.1 Å². The van der Waals surface area contributed by atoms with Gasteiger partial charge >= 0.3 is 6.03 Å². The molecule has 2 aromatic rings. The van der Waals surface area contributed by atoms with Crippen molar-refractivity contribution < 1.29 is 14.3 Å². The highest BCUT2D eigenvalue weighted by Gasteiger charge is 2.17. The molecular formula is C22H30N4O3. The monoisotopic (exact) mass is 398 g/mol. The number of nitrogens with zero attached hydrogens (tertiary/aromatic N) is 2. The van der Waals surface area contributed by atoms with Gasteiger partial charge in [-0.25, -0.2) is 4.79 Å². The van der Waals surface area contributed by atoms with Gasteiger partial charge in [0.1, 0.15) is 11.5 Å². The number of urea groups is 1. The van der Waals surface area contributed by atoms with E-state index >= 15 is 0 Å². The number of hydrogen-bond acceptors (Lipinski definition) is 5. The van der Waals surface area contributed by atoms with Crippen LogP contribution < -0.4 is 25.0 Å². The molecule has 3 rings (SSSR count). The Morgan fingerprint density at radius 2 is 1.45 bits per heavy atom. The molecule has 29 heavy (non-hydrogen) atoms. The zero-order valence-electron chi connectivity index (χ0n) is 17.2. The smallest absolute Gasteiger partial charge is 0.315 e. The van der Waals surface area contributed by atoms with Crippen LogP contribution in [0.3, 0.4) is 0 Å². The first-order valence-electron chi connectivity index (χ1n) is 9.94. The molecule has 0 atom stereocenters. The summed E-state index contributed by atoms with van der Waals surface area (Å²) >= 11 is 0. The number of piperazine rings is 1. The first-order chi connectivity index (χ1) is 14.2. The zero-order chi connectivity index (χ0) is 20.5. The number of ether oxygens (including phenoxy) is 2. The van der Waals surface area contributed by atoms with Crippen LogP contribution in [-0.2, 0) is 6.54 Å². The summed E-state index contributed by atoms with van der Waals surface area (Å²) in [5, 5.41) is 5.82. The lowest BCUT2D eigenvalue weighted by Crippen LogP contribution is -2.49. The highest BCUT2D eigenvalue weighted by atomic mass is 16.5. The molecule has 1 fully saturated rings. The molecule has 0 radical (unpaired) electrons. The van der Waals surface area contributed by atoms with Crippen molar-refractivity contribution in [2.24, 2.45) is 0 Å². The Balaban J connectivity index is 1.31. The summed E-state index contributed by atoms with van der Waals surface area (Å²) < 4.78 is 10.4. The van der Waals surface area contributed by atoms with Gasteiger partial charge in [-0.15, -0.1) is 0 Å². The summed E-state index contributed by atoms with van der Waals surface area (Å²) in [5.41, 5.74) is 2.26. The van der Waals surface area contributed by atoms with Crippen molar-refractivity contribution in [2.45, 2.75) is 6.54 Å². The van der Waals surface area contributed by atoms with Gasteiger partial charge in [0.2, 0.25) is 0 Å². The van der Waals surface area contributed by atoms with Gasteiger partial charge in [0.05, 0.1) is 14.2 Å². The summed E-state index contributed by atoms with van der Waals surface area (Å²) in [6, 6.07) is 15.7. The molecule has 7 nitrogen and oxygen atoms in total. The van der Waals surface area contributed by atoms with Crippen molar-refractivity contribution in [3.05, 3.63) is 54.1 Å². The summed E-state index contributed by atoms with van der Waals surface area (Å²) in [4.78, 5) is 16.7. The molecule has 0 saturated carbocycles. The fourth-order valence-corrected chi connectivity index (χ4v) is 3.34. The third kappa shape index (κ3) is 6.29. The summed E-state index contributed by atoms with van der Waals surface area (Å²) in [6.07, 6.45) is 0. The van der Waals surface area contributed by atoms with Crippen LogP contribution in [0.5, 0.6) is 11.5 Å². The minimum Gasteiger partial charge on any atom is -0.497 e. The van der Waals surface area contributed by atoms with E-state index in [1.165, 1.54) is 5.69 Å². The molecule has 1 aliphatic rings. The summed E-state index contributed by atoms with van der Waals surface area (Å²) in [7, 11) is 3.32. The van der Waals surface area contributed by atoms with E-state index in [1.54, 1.807) is 14.2 Å². The number of amides is 2. The molecule has 2 aromatic carbocycles. The number of methoxy groups -OCH3 is 2. The van der Waals surface area contributed by atoms with E-state index in [0.717, 1.165) is 49.8 Å². The van der Waals surface area contributed by atoms with E-state index in [2.05, 4.69) is 32.6 Å². The Kier molecular flexibility index (Phi) is 7.58. The Bertz CT molecular complexity index is 757. The fraction of sp³-hybridized carbons (Fsp3) is 0.409. The van der Waals surface area contributed by atoms with Crippen molar-refractivity contribution in [3.63, 3.8) is 0 Å². The molecule has 0 aliphatic carbocycles. The molecule has 1 heterocycles. The molecular weight excluding hydrogens is 368 g/mol. The Morgan fingerprint density at radius 3 is 2.03 bits per heavy atom. The largest absolute Gasteiger partial charge is 0.497 e. The minimum absolute atomic E-state index is 0.141. The molecule has 2 amide bonds. The molecule has 2 N–H and O–H groups in total. The van der Waals surface area contributed by atoms with Crippen molar-refractivity contribution in [1.82, 2.24) is 15.5 Å². The van der Waals surface area contributed by atoms with Crippen LogP contribution in [0.4, 0.5) is 10.5 Å². The SMILES string of the molecule is COc1ccc(CNC(=O)NCCN2CCN(c3ccc(OC)cc3)CC2)cc1. The normalized spacial score (nSPS) is 14.3. The average Bonchev–Trinajstić information content (AvgIpc) is 2.78. The van der Waals surface area contributed by atoms with Crippen LogP contribution in [-0.4, -0.2) is 64.4 Å². The van der Waals surface area contributed by atoms with Gasteiger partial charge in [0.25, 0.3) is 0 Å². The van der Waals surface area contributed by atoms with Crippen LogP contribution in [0.15, 0.2) is 48.5 Å². The second kappa shape index (κ2) is 10.6. The number of carbonyl (C=O) groups is 1. The molecule has 0 unspecified atom stereocenters. The molecule has 156 valence electrons. The molecule has 0 spiro atoms. The van der Waals surface area contributed by atoms with Crippen molar-refractivity contribution in [2.75, 3.05) is 58.4 Å². The van der Waals surface area contributed by atoms with Crippen molar-refractivity contribution in [1.29, 1.82) is 0 Å². The van der Waals surface area contributed by atoms with Gasteiger partial charge in [0.15, 0.2) is 0 Å². The summed E-state index contributed by atoms with van der Waals surface area (Å²) in [6.45, 7) is 5.92. The fourth-order valence-electron chi connectivity index (χ4n) is 3.34. The Labute approximate surface area is 172 Å². The van der Waals surface area contributed by atoms with Gasteiger partial charge < -0.3 is 25.0 Å². The van der Waals surface area contributed by atoms with E-state index in [4.69, 9.17) is 9.47 Å². The quantitative estimate of drug-likeness (QED) is 0.715. The molecule has 0 aromatic heterocycles. The lowest BCUT2D eigenvalue weighted by atomic mass is 10.2. The number of anilines is 1. The first kappa shape index (κ1) is 20.8. The van der Waals surface area contributed by atoms with Crippen molar-refractivity contribution >= 4 is 11.7 Å². The highest BCUT2D eigenvalue weighted by Crippen LogP contribution is 2.20. The number of carbonyl (C=O) groups excluding carboxylic acids is 1. The Morgan fingerprint density at radius 1 is 0.862 bits per heavy atom. The van der Waals surface area contributed by atoms with Gasteiger partial charge in [-0.05, 0) is 42.0 Å². The van der Waals surface area contributed by atoms with Crippen LogP contribution in [0, 0.1) is 0 Å². The standard InChI is InChI=1S/C22H30N4O3/c1-28-20-7-3-18(4-8-20)17-24-22(27)23-11-12-25-13-15-26(16-14-25)19-5-9-21(29-2)10-6-19/h3-10H,11-17H2,1-2H3,(H2,23,24,27). The van der Waals surface area contributed by atoms with Crippen LogP contribution in [0.2, 0.25) is 0 Å². The van der Waals surface area contributed by atoms with Gasteiger partial charge in [0, 0.05) is 51.5 Å². The van der Waals surface area contributed by atoms with Gasteiger partial charge in [-0.2, -0.15) is 0 Å². The maximum absolute atomic E-state index is 12.0. The van der Waals surface area contributed by atoms with E-state index in [1.807, 2.05) is 36.4 Å². The maximum atomic E-state index is 12.0. The Hall–Kier alpha value is -2.93. The molecule has 7 heteroatoms. The second-order valence-electron chi connectivity index (χ2n) is 6.98. The average molecular weight is 399 g/mol. The molecule has 1 saturated heterocycles. The highest BCUT2D eigenvalue weighted by molar-refractivity contribution is 5.73. The lowest BCUT2D eigenvalue weighted by Gasteiger charge is -2.36. The van der Waals surface area contributed by atoms with Crippen LogP contribution in [0.1, 0.15) is 5.56 Å². The number of hydrogen-bond donors (Lipinski definition) is 2. The number of nitrogens with one attached hydrogen (secondary N) is 2. The van der Waals surface area contributed by atoms with E-state index in [0.29, 0.717) is 13.1 Å². The predicted molar refractivity (Wildman–Crippen MR) is 115 cm³/mol. The van der Waals surface area contributed by atoms with E-state index in [9.17, 15) is 4.79 Å². The van der Waals surface area contributed by atoms with E-state index in [-0.39, 0.29) is 6.03 Å². The molecule has 1 aliphatic heterocycles. The second-order valence-corrected chi connectivity index (χ2v) is 6.98. The maximum Gasteiger partial charge on any atom is 0.315 e. The topological polar surface area (TPSA) is 66.1 Å². The zero-order valence-corrected chi connectivity index (χ0v) is 17.2. The number of benzene rings is 2.